The van der Waals surface area contributed by atoms with Crippen LogP contribution in [0.2, 0.25) is 0 Å². The van der Waals surface area contributed by atoms with Crippen LogP contribution in [-0.4, -0.2) is 55.4 Å². The molecule has 1 saturated heterocycles. The number of rotatable bonds is 7. The molecule has 0 saturated carbocycles. The van der Waals surface area contributed by atoms with Crippen molar-refractivity contribution < 1.29 is 23.9 Å². The molecule has 8 nitrogen and oxygen atoms in total. The summed E-state index contributed by atoms with van der Waals surface area (Å²) in [6.45, 7) is 7.86. The maximum Gasteiger partial charge on any atom is 0.407 e. The number of methoxy groups -OCH3 is 1. The third kappa shape index (κ3) is 7.72. The normalized spacial score (nSPS) is 21.9. The van der Waals surface area contributed by atoms with Gasteiger partial charge in [-0.15, -0.1) is 0 Å². The molecule has 144 valence electrons. The van der Waals surface area contributed by atoms with Crippen molar-refractivity contribution in [3.05, 3.63) is 0 Å². The van der Waals surface area contributed by atoms with E-state index in [-0.39, 0.29) is 24.4 Å². The van der Waals surface area contributed by atoms with Gasteiger partial charge in [-0.1, -0.05) is 19.8 Å². The molecule has 2 amide bonds. The lowest BCUT2D eigenvalue weighted by molar-refractivity contribution is -0.143. The van der Waals surface area contributed by atoms with Crippen molar-refractivity contribution in [2.75, 3.05) is 13.7 Å². The van der Waals surface area contributed by atoms with Crippen LogP contribution in [0.1, 0.15) is 53.4 Å². The van der Waals surface area contributed by atoms with Gasteiger partial charge in [0.15, 0.2) is 0 Å². The van der Waals surface area contributed by atoms with Crippen molar-refractivity contribution >= 4 is 18.0 Å². The molecule has 1 heterocycles. The predicted octanol–water partition coefficient (Wildman–Crippen LogP) is 1.09. The molecule has 0 radical (unpaired) electrons. The second-order valence-corrected chi connectivity index (χ2v) is 7.25. The van der Waals surface area contributed by atoms with Crippen LogP contribution < -0.4 is 16.0 Å². The van der Waals surface area contributed by atoms with Crippen LogP contribution in [0.4, 0.5) is 4.79 Å². The van der Waals surface area contributed by atoms with E-state index in [0.717, 1.165) is 19.3 Å². The average molecular weight is 357 g/mol. The highest BCUT2D eigenvalue weighted by Crippen LogP contribution is 2.13. The predicted molar refractivity (Wildman–Crippen MR) is 93.0 cm³/mol. The van der Waals surface area contributed by atoms with Gasteiger partial charge in [0.05, 0.1) is 19.6 Å². The topological polar surface area (TPSA) is 106 Å². The first-order valence-corrected chi connectivity index (χ1v) is 8.76. The van der Waals surface area contributed by atoms with Crippen LogP contribution in [0.3, 0.4) is 0 Å². The van der Waals surface area contributed by atoms with Crippen molar-refractivity contribution in [2.24, 2.45) is 0 Å². The van der Waals surface area contributed by atoms with Gasteiger partial charge in [0.2, 0.25) is 5.91 Å². The fourth-order valence-corrected chi connectivity index (χ4v) is 2.64. The van der Waals surface area contributed by atoms with E-state index >= 15 is 0 Å². The summed E-state index contributed by atoms with van der Waals surface area (Å²) in [5.74, 6) is -0.702. The molecule has 0 spiro atoms. The number of unbranched alkanes of at least 4 members (excludes halogenated alkanes) is 1. The van der Waals surface area contributed by atoms with Gasteiger partial charge in [-0.3, -0.25) is 14.9 Å². The summed E-state index contributed by atoms with van der Waals surface area (Å²) >= 11 is 0. The number of carbonyl (C=O) groups excluding carboxylic acids is 3. The van der Waals surface area contributed by atoms with Crippen LogP contribution in [0.15, 0.2) is 0 Å². The molecular formula is C17H31N3O5. The number of amides is 2. The highest BCUT2D eigenvalue weighted by molar-refractivity contribution is 5.87. The zero-order valence-electron chi connectivity index (χ0n) is 15.8. The molecule has 3 N–H and O–H groups in total. The lowest BCUT2D eigenvalue weighted by Crippen LogP contribution is -2.65. The zero-order valence-corrected chi connectivity index (χ0v) is 15.8. The molecule has 1 aliphatic heterocycles. The number of hydrogen-bond donors (Lipinski definition) is 3. The highest BCUT2D eigenvalue weighted by atomic mass is 16.6. The van der Waals surface area contributed by atoms with Gasteiger partial charge >= 0.3 is 12.1 Å². The zero-order chi connectivity index (χ0) is 19.0. The lowest BCUT2D eigenvalue weighted by Gasteiger charge is -2.36. The summed E-state index contributed by atoms with van der Waals surface area (Å²) in [6, 6.07) is -1.07. The second-order valence-electron chi connectivity index (χ2n) is 7.25. The Bertz CT molecular complexity index is 475. The minimum absolute atomic E-state index is 0.0498. The molecule has 0 aromatic carbocycles. The minimum atomic E-state index is -0.671. The molecule has 25 heavy (non-hydrogen) atoms. The molecule has 0 unspecified atom stereocenters. The van der Waals surface area contributed by atoms with E-state index < -0.39 is 23.7 Å². The van der Waals surface area contributed by atoms with Crippen molar-refractivity contribution in [1.82, 2.24) is 16.0 Å². The van der Waals surface area contributed by atoms with Crippen LogP contribution in [0.25, 0.3) is 0 Å². The molecule has 0 aromatic heterocycles. The monoisotopic (exact) mass is 357 g/mol. The summed E-state index contributed by atoms with van der Waals surface area (Å²) in [4.78, 5) is 35.5. The number of alkyl carbamates (subject to hydrolysis) is 1. The van der Waals surface area contributed by atoms with Gasteiger partial charge in [0, 0.05) is 18.6 Å². The van der Waals surface area contributed by atoms with Gasteiger partial charge in [-0.25, -0.2) is 4.79 Å². The van der Waals surface area contributed by atoms with Crippen LogP contribution in [0.5, 0.6) is 0 Å². The van der Waals surface area contributed by atoms with Crippen LogP contribution in [0, 0.1) is 0 Å². The van der Waals surface area contributed by atoms with Gasteiger partial charge in [-0.05, 0) is 27.2 Å². The second kappa shape index (κ2) is 9.60. The SMILES string of the molecule is CCCC[C@H](NC(=O)OC(C)(C)C)[C@@H]1CNC(=O)[C@H](CC(=O)OC)N1. The molecule has 3 atom stereocenters. The van der Waals surface area contributed by atoms with Gasteiger partial charge in [-0.2, -0.15) is 0 Å². The molecule has 0 aliphatic carbocycles. The fraction of sp³-hybridized carbons (Fsp3) is 0.824. The minimum Gasteiger partial charge on any atom is -0.469 e. The van der Waals surface area contributed by atoms with Crippen molar-refractivity contribution in [3.63, 3.8) is 0 Å². The van der Waals surface area contributed by atoms with Gasteiger partial charge in [0.1, 0.15) is 5.60 Å². The van der Waals surface area contributed by atoms with Gasteiger partial charge < -0.3 is 20.1 Å². The molecule has 1 fully saturated rings. The summed E-state index contributed by atoms with van der Waals surface area (Å²) in [7, 11) is 1.29. The summed E-state index contributed by atoms with van der Waals surface area (Å²) in [6.07, 6.45) is 2.11. The number of carbonyl (C=O) groups is 3. The van der Waals surface area contributed by atoms with Crippen molar-refractivity contribution in [1.29, 1.82) is 0 Å². The molecule has 0 aromatic rings. The number of ether oxygens (including phenoxy) is 2. The Morgan fingerprint density at radius 1 is 1.36 bits per heavy atom. The molecule has 1 rings (SSSR count). The number of piperazine rings is 1. The number of hydrogen-bond acceptors (Lipinski definition) is 6. The van der Waals surface area contributed by atoms with E-state index in [2.05, 4.69) is 27.6 Å². The van der Waals surface area contributed by atoms with E-state index in [1.165, 1.54) is 7.11 Å². The Balaban J connectivity index is 2.74. The van der Waals surface area contributed by atoms with E-state index in [1.54, 1.807) is 20.8 Å². The smallest absolute Gasteiger partial charge is 0.407 e. The third-order valence-electron chi connectivity index (χ3n) is 3.88. The maximum absolute atomic E-state index is 12.1. The van der Waals surface area contributed by atoms with Gasteiger partial charge in [0.25, 0.3) is 0 Å². The molecular weight excluding hydrogens is 326 g/mol. The van der Waals surface area contributed by atoms with Crippen LogP contribution >= 0.6 is 0 Å². The standard InChI is InChI=1S/C17H31N3O5/c1-6-7-8-11(20-16(23)25-17(2,3)4)13-10-18-15(22)12(19-13)9-14(21)24-5/h11-13,19H,6-10H2,1-5H3,(H,18,22)(H,20,23)/t11-,12-,13-/m0/s1. The fourth-order valence-electron chi connectivity index (χ4n) is 2.64. The van der Waals surface area contributed by atoms with Crippen molar-refractivity contribution in [2.45, 2.75) is 77.1 Å². The number of esters is 1. The maximum atomic E-state index is 12.1. The first-order valence-electron chi connectivity index (χ1n) is 8.76. The average Bonchev–Trinajstić information content (AvgIpc) is 2.51. The molecule has 8 heteroatoms. The summed E-state index contributed by atoms with van der Waals surface area (Å²) < 4.78 is 9.96. The van der Waals surface area contributed by atoms with E-state index in [1.807, 2.05) is 0 Å². The van der Waals surface area contributed by atoms with Crippen molar-refractivity contribution in [3.8, 4) is 0 Å². The lowest BCUT2D eigenvalue weighted by atomic mass is 9.97. The quantitative estimate of drug-likeness (QED) is 0.589. The van der Waals surface area contributed by atoms with E-state index in [9.17, 15) is 14.4 Å². The molecule has 0 bridgehead atoms. The first-order chi connectivity index (χ1) is 11.7. The number of nitrogens with one attached hydrogen (secondary N) is 3. The van der Waals surface area contributed by atoms with E-state index in [4.69, 9.17) is 4.74 Å². The van der Waals surface area contributed by atoms with E-state index in [0.29, 0.717) is 6.54 Å². The van der Waals surface area contributed by atoms with Crippen LogP contribution in [-0.2, 0) is 19.1 Å². The Morgan fingerprint density at radius 2 is 2.04 bits per heavy atom. The highest BCUT2D eigenvalue weighted by Gasteiger charge is 2.34. The Morgan fingerprint density at radius 3 is 2.60 bits per heavy atom. The Kier molecular flexibility index (Phi) is 8.15. The Labute approximate surface area is 149 Å². The molecule has 1 aliphatic rings. The summed E-state index contributed by atoms with van der Waals surface area (Å²) in [5, 5.41) is 8.84. The first kappa shape index (κ1) is 21.2. The largest absolute Gasteiger partial charge is 0.469 e. The Hall–Kier alpha value is -1.83. The third-order valence-corrected chi connectivity index (χ3v) is 3.88. The summed E-state index contributed by atoms with van der Waals surface area (Å²) in [5.41, 5.74) is -0.582.